The van der Waals surface area contributed by atoms with Crippen LogP contribution in [-0.2, 0) is 6.54 Å². The minimum absolute atomic E-state index is 0.798. The minimum Gasteiger partial charge on any atom is -0.296 e. The van der Waals surface area contributed by atoms with Crippen LogP contribution in [0, 0.1) is 23.7 Å². The topological polar surface area (TPSA) is 3.24 Å². The van der Waals surface area contributed by atoms with E-state index in [-0.39, 0.29) is 0 Å². The summed E-state index contributed by atoms with van der Waals surface area (Å²) in [6, 6.07) is 11.8. The average molecular weight is 268 g/mol. The lowest BCUT2D eigenvalue weighted by molar-refractivity contribution is 0.206. The van der Waals surface area contributed by atoms with Gasteiger partial charge in [0.1, 0.15) is 0 Å². The first kappa shape index (κ1) is 12.9. The van der Waals surface area contributed by atoms with Crippen LogP contribution in [0.1, 0.15) is 44.6 Å². The Morgan fingerprint density at radius 2 is 1.85 bits per heavy atom. The number of hydrogen-bond donors (Lipinski definition) is 0. The van der Waals surface area contributed by atoms with Gasteiger partial charge in [0.15, 0.2) is 0 Å². The van der Waals surface area contributed by atoms with Crippen LogP contribution in [0.2, 0.25) is 0 Å². The van der Waals surface area contributed by atoms with Crippen molar-refractivity contribution in [2.75, 3.05) is 6.54 Å². The molecule has 4 rings (SSSR count). The summed E-state index contributed by atoms with van der Waals surface area (Å²) in [6.45, 7) is 4.96. The second kappa shape index (κ2) is 5.18. The van der Waals surface area contributed by atoms with Crippen molar-refractivity contribution >= 4 is 0 Å². The molecular formula is C19H26N. The highest BCUT2D eigenvalue weighted by Crippen LogP contribution is 2.59. The number of piperidine rings is 1. The molecule has 1 radical (unpaired) electrons. The van der Waals surface area contributed by atoms with E-state index in [1.807, 2.05) is 5.92 Å². The lowest BCUT2D eigenvalue weighted by atomic mass is 9.97. The molecule has 1 aromatic carbocycles. The van der Waals surface area contributed by atoms with E-state index < -0.39 is 0 Å². The van der Waals surface area contributed by atoms with Gasteiger partial charge in [-0.15, -0.1) is 0 Å². The summed E-state index contributed by atoms with van der Waals surface area (Å²) < 4.78 is 0. The van der Waals surface area contributed by atoms with Crippen molar-refractivity contribution in [3.63, 3.8) is 0 Å². The van der Waals surface area contributed by atoms with Gasteiger partial charge in [-0.25, -0.2) is 0 Å². The van der Waals surface area contributed by atoms with Crippen molar-refractivity contribution in [2.24, 2.45) is 17.8 Å². The molecule has 1 aliphatic heterocycles. The summed E-state index contributed by atoms with van der Waals surface area (Å²) in [5.41, 5.74) is 1.47. The first-order chi connectivity index (χ1) is 9.83. The summed E-state index contributed by atoms with van der Waals surface area (Å²) in [6.07, 6.45) is 7.29. The highest BCUT2D eigenvalue weighted by molar-refractivity contribution is 5.18. The lowest BCUT2D eigenvalue weighted by Crippen LogP contribution is -2.32. The summed E-state index contributed by atoms with van der Waals surface area (Å²) in [7, 11) is 0. The zero-order valence-electron chi connectivity index (χ0n) is 12.6. The maximum Gasteiger partial charge on any atom is 0.0236 e. The highest BCUT2D eigenvalue weighted by atomic mass is 15.2. The Morgan fingerprint density at radius 3 is 2.50 bits per heavy atom. The van der Waals surface area contributed by atoms with Crippen molar-refractivity contribution in [1.82, 2.24) is 4.90 Å². The Hall–Kier alpha value is -0.820. The van der Waals surface area contributed by atoms with E-state index in [9.17, 15) is 0 Å². The molecule has 1 aromatic rings. The predicted octanol–water partition coefficient (Wildman–Crippen LogP) is 4.29. The van der Waals surface area contributed by atoms with Gasteiger partial charge >= 0.3 is 0 Å². The molecule has 2 aliphatic carbocycles. The van der Waals surface area contributed by atoms with E-state index in [0.717, 1.165) is 30.3 Å². The average Bonchev–Trinajstić information content (AvgIpc) is 2.79. The van der Waals surface area contributed by atoms with Gasteiger partial charge in [0.05, 0.1) is 0 Å². The molecule has 0 spiro atoms. The molecule has 1 heteroatoms. The van der Waals surface area contributed by atoms with Crippen molar-refractivity contribution in [3.05, 3.63) is 41.8 Å². The molecule has 0 amide bonds. The second-order valence-corrected chi connectivity index (χ2v) is 7.22. The molecule has 2 saturated carbocycles. The maximum atomic E-state index is 2.71. The van der Waals surface area contributed by atoms with Crippen molar-refractivity contribution in [3.8, 4) is 0 Å². The van der Waals surface area contributed by atoms with Crippen molar-refractivity contribution in [1.29, 1.82) is 0 Å². The number of nitrogens with zero attached hydrogens (tertiary/aromatic N) is 1. The van der Waals surface area contributed by atoms with Crippen LogP contribution in [0.5, 0.6) is 0 Å². The Morgan fingerprint density at radius 1 is 1.10 bits per heavy atom. The molecule has 1 heterocycles. The number of fused-ring (bicyclic) bond motifs is 1. The number of rotatable bonds is 4. The van der Waals surface area contributed by atoms with Crippen LogP contribution in [0.25, 0.3) is 0 Å². The Labute approximate surface area is 123 Å². The molecule has 3 aliphatic rings. The lowest BCUT2D eigenvalue weighted by Gasteiger charge is -2.26. The summed E-state index contributed by atoms with van der Waals surface area (Å²) >= 11 is 0. The first-order valence-corrected chi connectivity index (χ1v) is 8.44. The summed E-state index contributed by atoms with van der Waals surface area (Å²) in [4.78, 5) is 2.71. The maximum absolute atomic E-state index is 2.71. The second-order valence-electron chi connectivity index (χ2n) is 7.22. The quantitative estimate of drug-likeness (QED) is 0.787. The minimum atomic E-state index is 0.798. The van der Waals surface area contributed by atoms with Crippen LogP contribution < -0.4 is 0 Å². The van der Waals surface area contributed by atoms with E-state index in [1.165, 1.54) is 44.2 Å². The first-order valence-electron chi connectivity index (χ1n) is 8.44. The van der Waals surface area contributed by atoms with Gasteiger partial charge in [0.25, 0.3) is 0 Å². The molecule has 0 bridgehead atoms. The smallest absolute Gasteiger partial charge is 0.0236 e. The fraction of sp³-hybridized carbons (Fsp3) is 0.632. The number of benzene rings is 1. The van der Waals surface area contributed by atoms with Gasteiger partial charge in [-0.3, -0.25) is 4.90 Å². The van der Waals surface area contributed by atoms with Crippen LogP contribution in [0.4, 0.5) is 0 Å². The highest BCUT2D eigenvalue weighted by Gasteiger charge is 2.59. The van der Waals surface area contributed by atoms with Gasteiger partial charge < -0.3 is 0 Å². The molecule has 1 saturated heterocycles. The number of likely N-dealkylation sites (tertiary alicyclic amines) is 1. The summed E-state index contributed by atoms with van der Waals surface area (Å²) in [5, 5.41) is 0. The molecule has 4 atom stereocenters. The zero-order valence-corrected chi connectivity index (χ0v) is 12.6. The molecular weight excluding hydrogens is 242 g/mol. The Bertz CT molecular complexity index is 448. The van der Waals surface area contributed by atoms with Gasteiger partial charge in [-0.05, 0) is 55.4 Å². The number of hydrogen-bond acceptors (Lipinski definition) is 1. The van der Waals surface area contributed by atoms with Crippen LogP contribution in [-0.4, -0.2) is 17.5 Å². The van der Waals surface area contributed by atoms with Crippen molar-refractivity contribution in [2.45, 2.75) is 51.6 Å². The molecule has 0 N–H and O–H groups in total. The van der Waals surface area contributed by atoms with Gasteiger partial charge in [-0.2, -0.15) is 0 Å². The van der Waals surface area contributed by atoms with Crippen LogP contribution in [0.3, 0.4) is 0 Å². The van der Waals surface area contributed by atoms with Crippen LogP contribution in [0.15, 0.2) is 30.3 Å². The van der Waals surface area contributed by atoms with E-state index in [2.05, 4.69) is 42.2 Å². The fourth-order valence-electron chi connectivity index (χ4n) is 4.85. The van der Waals surface area contributed by atoms with Gasteiger partial charge in [0, 0.05) is 19.1 Å². The zero-order chi connectivity index (χ0) is 13.5. The van der Waals surface area contributed by atoms with Crippen molar-refractivity contribution < 1.29 is 0 Å². The Kier molecular flexibility index (Phi) is 3.34. The largest absolute Gasteiger partial charge is 0.296 e. The molecule has 107 valence electrons. The SMILES string of the molecule is CC1C2C(C[C]3CCCC3)C2CN1Cc1ccccc1. The normalized spacial score (nSPS) is 37.2. The third kappa shape index (κ3) is 2.30. The van der Waals surface area contributed by atoms with Gasteiger partial charge in [0.2, 0.25) is 0 Å². The Balaban J connectivity index is 1.32. The predicted molar refractivity (Wildman–Crippen MR) is 83.1 cm³/mol. The molecule has 4 unspecified atom stereocenters. The monoisotopic (exact) mass is 268 g/mol. The van der Waals surface area contributed by atoms with E-state index >= 15 is 0 Å². The van der Waals surface area contributed by atoms with Gasteiger partial charge in [-0.1, -0.05) is 43.2 Å². The van der Waals surface area contributed by atoms with E-state index in [4.69, 9.17) is 0 Å². The molecule has 20 heavy (non-hydrogen) atoms. The van der Waals surface area contributed by atoms with E-state index in [1.54, 1.807) is 0 Å². The third-order valence-electron chi connectivity index (χ3n) is 6.04. The molecule has 1 nitrogen and oxygen atoms in total. The molecule has 3 fully saturated rings. The van der Waals surface area contributed by atoms with E-state index in [0.29, 0.717) is 0 Å². The third-order valence-corrected chi connectivity index (χ3v) is 6.04. The fourth-order valence-corrected chi connectivity index (χ4v) is 4.85. The molecule has 0 aromatic heterocycles. The standard InChI is InChI=1S/C19H26N/c1-14-19-17(11-15-7-5-6-8-15)18(19)13-20(14)12-16-9-3-2-4-10-16/h2-4,9-10,14,17-19H,5-8,11-13H2,1H3. The summed E-state index contributed by atoms with van der Waals surface area (Å²) in [5.74, 6) is 4.96. The van der Waals surface area contributed by atoms with Crippen LogP contribution >= 0.6 is 0 Å².